The fourth-order valence-electron chi connectivity index (χ4n) is 1.55. The number of hydrogen-bond donors (Lipinski definition) is 0. The number of ether oxygens (including phenoxy) is 4. The predicted octanol–water partition coefficient (Wildman–Crippen LogP) is 2.56. The van der Waals surface area contributed by atoms with E-state index in [9.17, 15) is 14.4 Å². The highest BCUT2D eigenvalue weighted by atomic mass is 16.8. The minimum Gasteiger partial charge on any atom is -0.469 e. The number of unbranched alkanes of at least 4 members (excludes halogenated alkanes) is 3. The Morgan fingerprint density at radius 2 is 1.48 bits per heavy atom. The van der Waals surface area contributed by atoms with E-state index in [0.717, 1.165) is 19.3 Å². The van der Waals surface area contributed by atoms with Crippen LogP contribution in [0.1, 0.15) is 52.4 Å². The summed E-state index contributed by atoms with van der Waals surface area (Å²) >= 11 is 0. The summed E-state index contributed by atoms with van der Waals surface area (Å²) in [5.41, 5.74) is 0. The van der Waals surface area contributed by atoms with Gasteiger partial charge in [0.25, 0.3) is 0 Å². The lowest BCUT2D eigenvalue weighted by atomic mass is 10.1. The fourth-order valence-corrected chi connectivity index (χ4v) is 1.55. The first-order valence-corrected chi connectivity index (χ1v) is 7.09. The summed E-state index contributed by atoms with van der Waals surface area (Å²) in [6.45, 7) is 3.30. The quantitative estimate of drug-likeness (QED) is 0.265. The number of carbonyl (C=O) groups is 3. The number of rotatable bonds is 10. The highest BCUT2D eigenvalue weighted by Crippen LogP contribution is 2.08. The van der Waals surface area contributed by atoms with E-state index in [1.165, 1.54) is 14.0 Å². The van der Waals surface area contributed by atoms with Crippen molar-refractivity contribution in [2.45, 2.75) is 58.7 Å². The van der Waals surface area contributed by atoms with Gasteiger partial charge in [-0.2, -0.15) is 0 Å². The van der Waals surface area contributed by atoms with E-state index in [1.54, 1.807) is 6.92 Å². The SMILES string of the molecule is CCOC(=O)OC(C)OC(=O)CCCCCCC(=O)OC. The Labute approximate surface area is 124 Å². The van der Waals surface area contributed by atoms with Crippen molar-refractivity contribution in [1.82, 2.24) is 0 Å². The van der Waals surface area contributed by atoms with Crippen molar-refractivity contribution < 1.29 is 33.3 Å². The number of carbonyl (C=O) groups excluding carboxylic acids is 3. The lowest BCUT2D eigenvalue weighted by Gasteiger charge is -2.13. The molecule has 0 N–H and O–H groups in total. The Kier molecular flexibility index (Phi) is 11.0. The maximum atomic E-state index is 11.5. The van der Waals surface area contributed by atoms with Gasteiger partial charge in [0.1, 0.15) is 0 Å². The second-order valence-corrected chi connectivity index (χ2v) is 4.35. The van der Waals surface area contributed by atoms with Gasteiger partial charge in [-0.05, 0) is 19.8 Å². The molecule has 1 unspecified atom stereocenters. The highest BCUT2D eigenvalue weighted by Gasteiger charge is 2.14. The van der Waals surface area contributed by atoms with E-state index in [1.807, 2.05) is 0 Å². The van der Waals surface area contributed by atoms with Gasteiger partial charge in [0, 0.05) is 19.8 Å². The topological polar surface area (TPSA) is 88.1 Å². The van der Waals surface area contributed by atoms with E-state index < -0.39 is 18.4 Å². The Bertz CT molecular complexity index is 327. The van der Waals surface area contributed by atoms with E-state index in [-0.39, 0.29) is 19.0 Å². The molecular formula is C14H24O7. The van der Waals surface area contributed by atoms with Crippen molar-refractivity contribution in [1.29, 1.82) is 0 Å². The third-order valence-electron chi connectivity index (χ3n) is 2.56. The first kappa shape index (κ1) is 19.2. The molecule has 0 rings (SSSR count). The zero-order valence-corrected chi connectivity index (χ0v) is 12.9. The van der Waals surface area contributed by atoms with E-state index >= 15 is 0 Å². The summed E-state index contributed by atoms with van der Waals surface area (Å²) in [6, 6.07) is 0. The summed E-state index contributed by atoms with van der Waals surface area (Å²) in [4.78, 5) is 33.3. The van der Waals surface area contributed by atoms with Crippen LogP contribution in [-0.4, -0.2) is 38.1 Å². The zero-order valence-electron chi connectivity index (χ0n) is 12.9. The van der Waals surface area contributed by atoms with Crippen LogP contribution in [0.2, 0.25) is 0 Å². The van der Waals surface area contributed by atoms with Crippen LogP contribution in [0.25, 0.3) is 0 Å². The van der Waals surface area contributed by atoms with Gasteiger partial charge in [0.2, 0.25) is 6.29 Å². The minimum absolute atomic E-state index is 0.199. The smallest absolute Gasteiger partial charge is 0.469 e. The van der Waals surface area contributed by atoms with E-state index in [4.69, 9.17) is 4.74 Å². The van der Waals surface area contributed by atoms with Gasteiger partial charge in [-0.1, -0.05) is 12.8 Å². The highest BCUT2D eigenvalue weighted by molar-refractivity contribution is 5.70. The van der Waals surface area contributed by atoms with Crippen LogP contribution in [0.4, 0.5) is 4.79 Å². The van der Waals surface area contributed by atoms with Gasteiger partial charge in [0.15, 0.2) is 0 Å². The van der Waals surface area contributed by atoms with Crippen molar-refractivity contribution >= 4 is 18.1 Å². The third kappa shape index (κ3) is 11.7. The Morgan fingerprint density at radius 1 is 0.905 bits per heavy atom. The van der Waals surface area contributed by atoms with Crippen molar-refractivity contribution in [3.63, 3.8) is 0 Å². The normalized spacial score (nSPS) is 11.4. The molecule has 0 saturated heterocycles. The van der Waals surface area contributed by atoms with Gasteiger partial charge in [0.05, 0.1) is 13.7 Å². The van der Waals surface area contributed by atoms with Crippen LogP contribution in [0.5, 0.6) is 0 Å². The number of methoxy groups -OCH3 is 1. The number of esters is 2. The molecule has 0 heterocycles. The molecule has 0 fully saturated rings. The Morgan fingerprint density at radius 3 is 2.00 bits per heavy atom. The molecule has 7 nitrogen and oxygen atoms in total. The van der Waals surface area contributed by atoms with Gasteiger partial charge in [-0.15, -0.1) is 0 Å². The molecule has 0 aliphatic rings. The van der Waals surface area contributed by atoms with Gasteiger partial charge >= 0.3 is 18.1 Å². The Balaban J connectivity index is 3.57. The maximum absolute atomic E-state index is 11.5. The van der Waals surface area contributed by atoms with Crippen molar-refractivity contribution in [2.75, 3.05) is 13.7 Å². The molecule has 0 aliphatic heterocycles. The van der Waals surface area contributed by atoms with Crippen LogP contribution in [-0.2, 0) is 28.5 Å². The summed E-state index contributed by atoms with van der Waals surface area (Å²) in [5, 5.41) is 0. The lowest BCUT2D eigenvalue weighted by molar-refractivity contribution is -0.168. The van der Waals surface area contributed by atoms with Crippen molar-refractivity contribution in [2.24, 2.45) is 0 Å². The van der Waals surface area contributed by atoms with E-state index in [2.05, 4.69) is 14.2 Å². The van der Waals surface area contributed by atoms with Crippen molar-refractivity contribution in [3.8, 4) is 0 Å². The maximum Gasteiger partial charge on any atom is 0.511 e. The van der Waals surface area contributed by atoms with Gasteiger partial charge in [-0.25, -0.2) is 4.79 Å². The Hall–Kier alpha value is -1.79. The molecule has 0 radical (unpaired) electrons. The van der Waals surface area contributed by atoms with Crippen molar-refractivity contribution in [3.05, 3.63) is 0 Å². The standard InChI is InChI=1S/C14H24O7/c1-4-19-14(17)21-11(2)20-13(16)10-8-6-5-7-9-12(15)18-3/h11H,4-10H2,1-3H3. The van der Waals surface area contributed by atoms with Crippen LogP contribution in [0, 0.1) is 0 Å². The minimum atomic E-state index is -0.962. The predicted molar refractivity (Wildman–Crippen MR) is 73.4 cm³/mol. The van der Waals surface area contributed by atoms with Crippen LogP contribution in [0.15, 0.2) is 0 Å². The first-order valence-electron chi connectivity index (χ1n) is 7.09. The lowest BCUT2D eigenvalue weighted by Crippen LogP contribution is -2.22. The molecule has 0 amide bonds. The molecule has 1 atom stereocenters. The summed E-state index contributed by atoms with van der Waals surface area (Å²) in [7, 11) is 1.36. The monoisotopic (exact) mass is 304 g/mol. The average Bonchev–Trinajstić information content (AvgIpc) is 2.42. The summed E-state index contributed by atoms with van der Waals surface area (Å²) in [6.07, 6.45) is 1.88. The molecule has 0 bridgehead atoms. The summed E-state index contributed by atoms with van der Waals surface area (Å²) < 4.78 is 18.7. The molecule has 0 aromatic carbocycles. The largest absolute Gasteiger partial charge is 0.511 e. The van der Waals surface area contributed by atoms with E-state index in [0.29, 0.717) is 12.8 Å². The molecule has 0 aliphatic carbocycles. The third-order valence-corrected chi connectivity index (χ3v) is 2.56. The second-order valence-electron chi connectivity index (χ2n) is 4.35. The molecular weight excluding hydrogens is 280 g/mol. The fraction of sp³-hybridized carbons (Fsp3) is 0.786. The van der Waals surface area contributed by atoms with Crippen LogP contribution >= 0.6 is 0 Å². The first-order chi connectivity index (χ1) is 9.99. The number of hydrogen-bond acceptors (Lipinski definition) is 7. The van der Waals surface area contributed by atoms with Gasteiger partial charge < -0.3 is 18.9 Å². The molecule has 0 spiro atoms. The molecule has 7 heteroatoms. The molecule has 122 valence electrons. The summed E-state index contributed by atoms with van der Waals surface area (Å²) in [5.74, 6) is -0.654. The second kappa shape index (κ2) is 12.0. The molecule has 0 saturated carbocycles. The average molecular weight is 304 g/mol. The molecule has 21 heavy (non-hydrogen) atoms. The molecule has 0 aromatic rings. The molecule has 0 aromatic heterocycles. The van der Waals surface area contributed by atoms with Crippen LogP contribution in [0.3, 0.4) is 0 Å². The zero-order chi connectivity index (χ0) is 16.1. The van der Waals surface area contributed by atoms with Gasteiger partial charge in [-0.3, -0.25) is 9.59 Å². The van der Waals surface area contributed by atoms with Crippen LogP contribution < -0.4 is 0 Å².